The highest BCUT2D eigenvalue weighted by molar-refractivity contribution is 6.06. The minimum Gasteiger partial charge on any atom is -0.394 e. The number of amides is 1. The predicted molar refractivity (Wildman–Crippen MR) is 123 cm³/mol. The largest absolute Gasteiger partial charge is 0.394 e. The molecular formula is C24H27N5O3. The Hall–Kier alpha value is -3.39. The molecule has 0 saturated carbocycles. The molecule has 3 N–H and O–H groups in total. The summed E-state index contributed by atoms with van der Waals surface area (Å²) >= 11 is 0. The smallest absolute Gasteiger partial charge is 0.276 e. The average Bonchev–Trinajstić information content (AvgIpc) is 3.23. The highest BCUT2D eigenvalue weighted by atomic mass is 16.3. The van der Waals surface area contributed by atoms with Crippen molar-refractivity contribution >= 4 is 17.4 Å². The highest BCUT2D eigenvalue weighted by Crippen LogP contribution is 2.40. The molecule has 0 saturated heterocycles. The zero-order valence-electron chi connectivity index (χ0n) is 18.6. The molecule has 0 aromatic carbocycles. The zero-order valence-corrected chi connectivity index (χ0v) is 18.6. The maximum atomic E-state index is 13.5. The Kier molecular flexibility index (Phi) is 4.53. The number of nitrogens with zero attached hydrogens (tertiary/aromatic N) is 4. The molecule has 0 unspecified atom stereocenters. The third-order valence-electron chi connectivity index (χ3n) is 6.59. The molecule has 5 rings (SSSR count). The van der Waals surface area contributed by atoms with Gasteiger partial charge in [0.15, 0.2) is 0 Å². The van der Waals surface area contributed by atoms with Crippen molar-refractivity contribution in [3.8, 4) is 11.1 Å². The van der Waals surface area contributed by atoms with Gasteiger partial charge in [0.25, 0.3) is 11.5 Å². The number of carbonyl (C=O) groups is 1. The SMILES string of the molecule is Cn1cc(-c2ccnc(N3CCn4c(cc5c4CC(C)(C)C5)C3=O)c2CO)cc(N)c1=O. The van der Waals surface area contributed by atoms with Gasteiger partial charge in [0, 0.05) is 49.4 Å². The van der Waals surface area contributed by atoms with Gasteiger partial charge in [0.2, 0.25) is 0 Å². The molecule has 0 atom stereocenters. The lowest BCUT2D eigenvalue weighted by Crippen LogP contribution is -2.41. The summed E-state index contributed by atoms with van der Waals surface area (Å²) in [6.07, 6.45) is 5.24. The first kappa shape index (κ1) is 20.5. The van der Waals surface area contributed by atoms with Gasteiger partial charge in [-0.2, -0.15) is 0 Å². The summed E-state index contributed by atoms with van der Waals surface area (Å²) in [5.41, 5.74) is 11.1. The molecule has 1 aliphatic carbocycles. The summed E-state index contributed by atoms with van der Waals surface area (Å²) in [6.45, 7) is 5.39. The van der Waals surface area contributed by atoms with E-state index in [4.69, 9.17) is 5.73 Å². The van der Waals surface area contributed by atoms with E-state index in [1.807, 2.05) is 6.07 Å². The number of aromatic nitrogens is 3. The number of nitrogen functional groups attached to an aromatic ring is 1. The average molecular weight is 434 g/mol. The van der Waals surface area contributed by atoms with Crippen LogP contribution in [0.15, 0.2) is 35.4 Å². The van der Waals surface area contributed by atoms with Crippen molar-refractivity contribution in [2.45, 2.75) is 39.8 Å². The van der Waals surface area contributed by atoms with Crippen LogP contribution in [0, 0.1) is 5.41 Å². The lowest BCUT2D eigenvalue weighted by Gasteiger charge is -2.31. The van der Waals surface area contributed by atoms with Crippen LogP contribution in [-0.4, -0.2) is 31.7 Å². The van der Waals surface area contributed by atoms with Gasteiger partial charge in [-0.15, -0.1) is 0 Å². The van der Waals surface area contributed by atoms with Crippen LogP contribution in [0.1, 0.15) is 41.2 Å². The molecular weight excluding hydrogens is 406 g/mol. The topological polar surface area (TPSA) is 106 Å². The van der Waals surface area contributed by atoms with E-state index in [-0.39, 0.29) is 29.2 Å². The van der Waals surface area contributed by atoms with E-state index in [2.05, 4.69) is 23.4 Å². The molecule has 166 valence electrons. The first-order chi connectivity index (χ1) is 15.2. The van der Waals surface area contributed by atoms with Crippen molar-refractivity contribution in [3.05, 3.63) is 63.5 Å². The monoisotopic (exact) mass is 433 g/mol. The number of hydrogen-bond donors (Lipinski definition) is 2. The third kappa shape index (κ3) is 3.05. The van der Waals surface area contributed by atoms with Crippen LogP contribution in [0.4, 0.5) is 11.5 Å². The van der Waals surface area contributed by atoms with Gasteiger partial charge in [0.05, 0.1) is 12.3 Å². The molecule has 2 aliphatic rings. The number of rotatable bonds is 3. The lowest BCUT2D eigenvalue weighted by molar-refractivity contribution is 0.0962. The van der Waals surface area contributed by atoms with Crippen LogP contribution in [0.3, 0.4) is 0 Å². The van der Waals surface area contributed by atoms with Crippen molar-refractivity contribution in [2.75, 3.05) is 17.2 Å². The summed E-state index contributed by atoms with van der Waals surface area (Å²) in [5, 5.41) is 10.2. The van der Waals surface area contributed by atoms with E-state index >= 15 is 0 Å². The second kappa shape index (κ2) is 7.06. The number of aryl methyl sites for hydroxylation is 1. The molecule has 0 radical (unpaired) electrons. The Morgan fingerprint density at radius 2 is 1.97 bits per heavy atom. The Morgan fingerprint density at radius 1 is 1.19 bits per heavy atom. The normalized spacial score (nSPS) is 16.9. The van der Waals surface area contributed by atoms with Crippen LogP contribution < -0.4 is 16.2 Å². The van der Waals surface area contributed by atoms with Crippen molar-refractivity contribution < 1.29 is 9.90 Å². The van der Waals surface area contributed by atoms with Crippen LogP contribution in [0.2, 0.25) is 0 Å². The second-order valence-corrected chi connectivity index (χ2v) is 9.55. The zero-order chi connectivity index (χ0) is 22.8. The van der Waals surface area contributed by atoms with Gasteiger partial charge in [0.1, 0.15) is 11.5 Å². The summed E-state index contributed by atoms with van der Waals surface area (Å²) in [4.78, 5) is 31.6. The molecule has 0 fully saturated rings. The van der Waals surface area contributed by atoms with Gasteiger partial charge in [-0.3, -0.25) is 14.5 Å². The van der Waals surface area contributed by atoms with E-state index in [0.717, 1.165) is 12.8 Å². The van der Waals surface area contributed by atoms with Crippen molar-refractivity contribution in [1.29, 1.82) is 0 Å². The number of anilines is 2. The first-order valence-corrected chi connectivity index (χ1v) is 10.8. The number of carbonyl (C=O) groups excluding carboxylic acids is 1. The minimum atomic E-state index is -0.295. The minimum absolute atomic E-state index is 0.109. The molecule has 0 spiro atoms. The number of hydrogen-bond acceptors (Lipinski definition) is 5. The fraction of sp³-hybridized carbons (Fsp3) is 0.375. The molecule has 0 bridgehead atoms. The number of aliphatic hydroxyl groups is 1. The molecule has 1 amide bonds. The van der Waals surface area contributed by atoms with Crippen molar-refractivity contribution in [3.63, 3.8) is 0 Å². The number of pyridine rings is 2. The van der Waals surface area contributed by atoms with Crippen molar-refractivity contribution in [1.82, 2.24) is 14.1 Å². The van der Waals surface area contributed by atoms with Crippen LogP contribution in [0.5, 0.6) is 0 Å². The van der Waals surface area contributed by atoms with Gasteiger partial charge >= 0.3 is 0 Å². The lowest BCUT2D eigenvalue weighted by atomic mass is 9.90. The molecule has 3 aromatic heterocycles. The highest BCUT2D eigenvalue weighted by Gasteiger charge is 2.37. The van der Waals surface area contributed by atoms with Gasteiger partial charge in [-0.05, 0) is 47.6 Å². The Bertz CT molecular complexity index is 1290. The van der Waals surface area contributed by atoms with E-state index in [9.17, 15) is 14.7 Å². The summed E-state index contributed by atoms with van der Waals surface area (Å²) in [7, 11) is 1.63. The summed E-state index contributed by atoms with van der Waals surface area (Å²) < 4.78 is 3.56. The Labute approximate surface area is 185 Å². The van der Waals surface area contributed by atoms with Crippen LogP contribution in [-0.2, 0) is 33.0 Å². The standard InChI is InChI=1S/C24H27N5O3/c1-24(2)10-14-9-19-23(32)29(7-6-28(19)20(14)11-24)21-17(13-30)16(4-5-26-21)15-8-18(25)22(31)27(3)12-15/h4-5,8-9,12,30H,6-7,10-11,13,25H2,1-3H3. The third-order valence-corrected chi connectivity index (χ3v) is 6.59. The molecule has 4 heterocycles. The maximum absolute atomic E-state index is 13.5. The first-order valence-electron chi connectivity index (χ1n) is 10.8. The van der Waals surface area contributed by atoms with Crippen LogP contribution in [0.25, 0.3) is 11.1 Å². The summed E-state index contributed by atoms with van der Waals surface area (Å²) in [5.74, 6) is 0.332. The molecule has 1 aliphatic heterocycles. The van der Waals surface area contributed by atoms with Crippen molar-refractivity contribution in [2.24, 2.45) is 12.5 Å². The van der Waals surface area contributed by atoms with Gasteiger partial charge in [-0.25, -0.2) is 4.98 Å². The second-order valence-electron chi connectivity index (χ2n) is 9.55. The molecule has 8 nitrogen and oxygen atoms in total. The fourth-order valence-electron chi connectivity index (χ4n) is 5.14. The number of nitrogens with two attached hydrogens (primary N) is 1. The van der Waals surface area contributed by atoms with Crippen LogP contribution >= 0.6 is 0 Å². The molecule has 3 aromatic rings. The predicted octanol–water partition coefficient (Wildman–Crippen LogP) is 2.11. The maximum Gasteiger partial charge on any atom is 0.276 e. The number of aliphatic hydroxyl groups excluding tert-OH is 1. The van der Waals surface area contributed by atoms with Gasteiger partial charge in [-0.1, -0.05) is 13.8 Å². The van der Waals surface area contributed by atoms with E-state index in [1.165, 1.54) is 15.8 Å². The number of fused-ring (bicyclic) bond motifs is 3. The van der Waals surface area contributed by atoms with E-state index in [1.54, 1.807) is 36.5 Å². The van der Waals surface area contributed by atoms with E-state index in [0.29, 0.717) is 41.3 Å². The quantitative estimate of drug-likeness (QED) is 0.658. The fourth-order valence-corrected chi connectivity index (χ4v) is 5.14. The Balaban J connectivity index is 1.57. The van der Waals surface area contributed by atoms with E-state index < -0.39 is 0 Å². The summed E-state index contributed by atoms with van der Waals surface area (Å²) in [6, 6.07) is 5.38. The molecule has 32 heavy (non-hydrogen) atoms. The molecule has 8 heteroatoms. The Morgan fingerprint density at radius 3 is 2.69 bits per heavy atom. The van der Waals surface area contributed by atoms with Gasteiger partial charge < -0.3 is 20.0 Å².